The van der Waals surface area contributed by atoms with Gasteiger partial charge in [0.25, 0.3) is 0 Å². The molecular formula is C18H22N2O2PPr-. The zero-order valence-corrected chi connectivity index (χ0v) is 18.3. The van der Waals surface area contributed by atoms with Crippen LogP contribution in [0.15, 0.2) is 60.7 Å². The number of benzene rings is 2. The molecule has 1 fully saturated rings. The number of nitrogens with zero attached hydrogens (tertiary/aromatic N) is 1. The second-order valence-electron chi connectivity index (χ2n) is 5.53. The van der Waals surface area contributed by atoms with Crippen molar-refractivity contribution in [1.82, 2.24) is 9.99 Å². The number of nitrogens with one attached hydrogen (secondary N) is 1. The first kappa shape index (κ1) is 20.2. The standard InChI is InChI=1S/C18H22N2O2P.Pr/c21-23(17-7-3-1-4-8-17,18-9-5-2-6-10-18)19-11-12-20-13-15-22-16-14-20;/h1-11H,12-16H2,(H,19,21);/q-1;. The summed E-state index contributed by atoms with van der Waals surface area (Å²) in [7, 11) is -2.86. The summed E-state index contributed by atoms with van der Waals surface area (Å²) in [6, 6.07) is 19.3. The van der Waals surface area contributed by atoms with Gasteiger partial charge in [0, 0.05) is 65.0 Å². The third-order valence-electron chi connectivity index (χ3n) is 3.97. The van der Waals surface area contributed by atoms with Crippen molar-refractivity contribution in [2.45, 2.75) is 0 Å². The molecule has 0 unspecified atom stereocenters. The van der Waals surface area contributed by atoms with Gasteiger partial charge in [0.05, 0.1) is 13.2 Å². The average Bonchev–Trinajstić information content (AvgIpc) is 2.64. The summed E-state index contributed by atoms with van der Waals surface area (Å²) in [5.74, 6) is 0. The summed E-state index contributed by atoms with van der Waals surface area (Å²) >= 11 is 0. The Morgan fingerprint density at radius 1 is 0.958 bits per heavy atom. The van der Waals surface area contributed by atoms with Crippen LogP contribution in [0.1, 0.15) is 0 Å². The van der Waals surface area contributed by atoms with Crippen molar-refractivity contribution in [2.75, 3.05) is 32.8 Å². The monoisotopic (exact) mass is 470 g/mol. The topological polar surface area (TPSA) is 41.6 Å². The number of morpholine rings is 1. The Hall–Kier alpha value is -0.0864. The fraction of sp³-hybridized carbons (Fsp3) is 0.278. The fourth-order valence-corrected chi connectivity index (χ4v) is 4.78. The van der Waals surface area contributed by atoms with Gasteiger partial charge in [0.15, 0.2) is 7.29 Å². The Labute approximate surface area is 177 Å². The van der Waals surface area contributed by atoms with Gasteiger partial charge >= 0.3 is 0 Å². The van der Waals surface area contributed by atoms with Crippen LogP contribution < -0.4 is 15.7 Å². The van der Waals surface area contributed by atoms with E-state index in [1.165, 1.54) is 0 Å². The quantitative estimate of drug-likeness (QED) is 0.519. The predicted octanol–water partition coefficient (Wildman–Crippen LogP) is 2.00. The number of ether oxygens (including phenoxy) is 1. The second-order valence-corrected chi connectivity index (χ2v) is 8.04. The molecular weight excluding hydrogens is 448 g/mol. The molecule has 2 aromatic carbocycles. The molecule has 1 aliphatic rings. The van der Waals surface area contributed by atoms with E-state index in [4.69, 9.17) is 4.74 Å². The van der Waals surface area contributed by atoms with Gasteiger partial charge in [-0.3, -0.25) is 4.57 Å². The molecule has 24 heavy (non-hydrogen) atoms. The van der Waals surface area contributed by atoms with Crippen LogP contribution >= 0.6 is 7.29 Å². The van der Waals surface area contributed by atoms with E-state index in [1.54, 1.807) is 0 Å². The summed E-state index contributed by atoms with van der Waals surface area (Å²) in [6.45, 7) is 6.04. The SMILES string of the molecule is O=P(N[CH-]CN1CCOCC1)(c1ccccc1)c1ccccc1.[Pr]. The van der Waals surface area contributed by atoms with Crippen molar-refractivity contribution in [3.63, 3.8) is 0 Å². The normalized spacial score (nSPS) is 15.7. The van der Waals surface area contributed by atoms with Crippen molar-refractivity contribution in [3.05, 3.63) is 67.2 Å². The van der Waals surface area contributed by atoms with Crippen LogP contribution in [0, 0.1) is 47.8 Å². The van der Waals surface area contributed by atoms with Crippen LogP contribution in [-0.4, -0.2) is 37.7 Å². The van der Waals surface area contributed by atoms with E-state index < -0.39 is 7.29 Å². The zero-order valence-electron chi connectivity index (χ0n) is 13.7. The Balaban J connectivity index is 0.00000208. The molecule has 4 nitrogen and oxygen atoms in total. The van der Waals surface area contributed by atoms with Crippen LogP contribution in [0.2, 0.25) is 0 Å². The molecule has 0 aromatic heterocycles. The number of hydrogen-bond donors (Lipinski definition) is 1. The van der Waals surface area contributed by atoms with Crippen LogP contribution in [0.3, 0.4) is 0 Å². The molecule has 6 heteroatoms. The van der Waals surface area contributed by atoms with Crippen molar-refractivity contribution in [3.8, 4) is 0 Å². The Bertz CT molecular complexity index is 605. The van der Waals surface area contributed by atoms with E-state index in [0.717, 1.165) is 43.5 Å². The van der Waals surface area contributed by atoms with Gasteiger partial charge in [-0.15, -0.1) is 6.54 Å². The van der Waals surface area contributed by atoms with Gasteiger partial charge in [-0.05, 0) is 24.3 Å². The van der Waals surface area contributed by atoms with Crippen LogP contribution in [-0.2, 0) is 9.30 Å². The molecule has 0 amide bonds. The molecule has 1 saturated heterocycles. The molecule has 1 radical (unpaired) electrons. The van der Waals surface area contributed by atoms with Gasteiger partial charge in [-0.1, -0.05) is 36.4 Å². The molecule has 1 heterocycles. The summed E-state index contributed by atoms with van der Waals surface area (Å²) in [4.78, 5) is 2.29. The maximum absolute atomic E-state index is 13.7. The van der Waals surface area contributed by atoms with Gasteiger partial charge < -0.3 is 14.7 Å². The maximum atomic E-state index is 13.7. The summed E-state index contributed by atoms with van der Waals surface area (Å²) in [5, 5.41) is 4.87. The zero-order chi connectivity index (χ0) is 16.0. The Kier molecular flexibility index (Phi) is 8.56. The van der Waals surface area contributed by atoms with E-state index in [0.29, 0.717) is 0 Å². The molecule has 3 rings (SSSR count). The molecule has 0 bridgehead atoms. The van der Waals surface area contributed by atoms with Gasteiger partial charge in [0.1, 0.15) is 0 Å². The fourth-order valence-electron chi connectivity index (χ4n) is 2.66. The molecule has 1 N–H and O–H groups in total. The van der Waals surface area contributed by atoms with Crippen molar-refractivity contribution in [1.29, 1.82) is 0 Å². The maximum Gasteiger partial charge on any atom is 0.177 e. The van der Waals surface area contributed by atoms with Gasteiger partial charge in [-0.2, -0.15) is 0 Å². The summed E-state index contributed by atoms with van der Waals surface area (Å²) in [5.41, 5.74) is 0. The first-order chi connectivity index (χ1) is 11.3. The van der Waals surface area contributed by atoms with Crippen molar-refractivity contribution >= 4 is 17.9 Å². The first-order valence-electron chi connectivity index (χ1n) is 7.90. The molecule has 2 aromatic rings. The smallest absolute Gasteiger partial charge is 0.177 e. The minimum Gasteiger partial charge on any atom is -0.410 e. The number of hydrogen-bond acceptors (Lipinski definition) is 3. The molecule has 0 spiro atoms. The molecule has 125 valence electrons. The summed E-state index contributed by atoms with van der Waals surface area (Å²) in [6.07, 6.45) is 0. The largest absolute Gasteiger partial charge is 0.410 e. The Morgan fingerprint density at radius 3 is 1.96 bits per heavy atom. The first-order valence-corrected chi connectivity index (χ1v) is 9.60. The minimum atomic E-state index is -2.86. The van der Waals surface area contributed by atoms with Gasteiger partial charge in [0.2, 0.25) is 0 Å². The van der Waals surface area contributed by atoms with E-state index in [-0.39, 0.29) is 41.3 Å². The molecule has 1 aliphatic heterocycles. The Morgan fingerprint density at radius 2 is 1.46 bits per heavy atom. The minimum absolute atomic E-state index is 0. The van der Waals surface area contributed by atoms with Crippen molar-refractivity contribution in [2.24, 2.45) is 0 Å². The second kappa shape index (κ2) is 10.2. The molecule has 0 saturated carbocycles. The van der Waals surface area contributed by atoms with E-state index >= 15 is 0 Å². The van der Waals surface area contributed by atoms with Crippen molar-refractivity contribution < 1.29 is 50.6 Å². The third kappa shape index (κ3) is 5.20. The van der Waals surface area contributed by atoms with Crippen LogP contribution in [0.4, 0.5) is 0 Å². The third-order valence-corrected chi connectivity index (χ3v) is 6.56. The summed E-state index contributed by atoms with van der Waals surface area (Å²) < 4.78 is 19.0. The molecule has 0 atom stereocenters. The number of rotatable bonds is 6. The van der Waals surface area contributed by atoms with Crippen LogP contribution in [0.5, 0.6) is 0 Å². The van der Waals surface area contributed by atoms with Crippen LogP contribution in [0.25, 0.3) is 0 Å². The van der Waals surface area contributed by atoms with E-state index in [9.17, 15) is 4.57 Å². The van der Waals surface area contributed by atoms with E-state index in [1.807, 2.05) is 67.2 Å². The predicted molar refractivity (Wildman–Crippen MR) is 94.5 cm³/mol. The average molecular weight is 470 g/mol. The van der Waals surface area contributed by atoms with E-state index in [2.05, 4.69) is 9.99 Å². The van der Waals surface area contributed by atoms with Gasteiger partial charge in [-0.25, -0.2) is 6.54 Å². The molecule has 0 aliphatic carbocycles.